The summed E-state index contributed by atoms with van der Waals surface area (Å²) in [5, 5.41) is 12.0. The molecule has 0 saturated carbocycles. The fourth-order valence-corrected chi connectivity index (χ4v) is 7.71. The van der Waals surface area contributed by atoms with Crippen molar-refractivity contribution in [2.24, 2.45) is 0 Å². The molecule has 0 aliphatic rings. The van der Waals surface area contributed by atoms with E-state index in [4.69, 9.17) is 15.5 Å². The number of aryl methyl sites for hydroxylation is 1. The van der Waals surface area contributed by atoms with Gasteiger partial charge in [0.25, 0.3) is 0 Å². The third-order valence-electron chi connectivity index (χ3n) is 11.4. The van der Waals surface area contributed by atoms with E-state index in [0.29, 0.717) is 28.2 Å². The normalized spacial score (nSPS) is 13.0. The average Bonchev–Trinajstić information content (AvgIpc) is 3.64. The summed E-state index contributed by atoms with van der Waals surface area (Å²) in [5.74, 6) is 0.804. The van der Waals surface area contributed by atoms with Crippen LogP contribution in [0.4, 0.5) is 0 Å². The van der Waals surface area contributed by atoms with Crippen LogP contribution in [0.2, 0.25) is 0 Å². The van der Waals surface area contributed by atoms with Crippen LogP contribution >= 0.6 is 0 Å². The van der Waals surface area contributed by atoms with E-state index in [0.717, 1.165) is 61.2 Å². The topological polar surface area (TPSA) is 50.9 Å². The van der Waals surface area contributed by atoms with Crippen LogP contribution in [0, 0.1) is 19.9 Å². The number of hydrogen-bond donors (Lipinski definition) is 1. The Morgan fingerprint density at radius 1 is 0.590 bits per heavy atom. The molecule has 8 aromatic rings. The van der Waals surface area contributed by atoms with Crippen molar-refractivity contribution < 1.29 is 31.7 Å². The summed E-state index contributed by atoms with van der Waals surface area (Å²) in [6.07, 6.45) is 1.65. The monoisotopic (exact) mass is 985 g/mol. The number of fused-ring (bicyclic) bond motifs is 1. The maximum absolute atomic E-state index is 12.0. The largest absolute Gasteiger partial charge is 0.507 e. The fraction of sp³-hybridized carbons (Fsp3) is 0.250. The number of nitrogens with zero attached hydrogens (tertiary/aromatic N) is 3. The average molecular weight is 986 g/mol. The quantitative estimate of drug-likeness (QED) is 0.169. The number of rotatable bonds is 6. The predicted molar refractivity (Wildman–Crippen MR) is 252 cm³/mol. The van der Waals surface area contributed by atoms with Gasteiger partial charge in [-0.05, 0) is 93.8 Å². The van der Waals surface area contributed by atoms with Crippen LogP contribution in [0.1, 0.15) is 95.6 Å². The number of para-hydroxylation sites is 1. The molecule has 2 heterocycles. The zero-order chi connectivity index (χ0) is 46.2. The molecule has 6 aromatic carbocycles. The first-order valence-corrected chi connectivity index (χ1v) is 20.7. The van der Waals surface area contributed by atoms with Crippen LogP contribution in [0.25, 0.3) is 72.7 Å². The summed E-state index contributed by atoms with van der Waals surface area (Å²) in [6.45, 7) is 23.3. The first-order chi connectivity index (χ1) is 30.0. The third kappa shape index (κ3) is 8.66. The first kappa shape index (κ1) is 38.4. The van der Waals surface area contributed by atoms with E-state index in [-0.39, 0.29) is 72.8 Å². The van der Waals surface area contributed by atoms with E-state index in [1.54, 1.807) is 19.2 Å². The van der Waals surface area contributed by atoms with E-state index in [2.05, 4.69) is 158 Å². The molecule has 312 valence electrons. The molecule has 2 aromatic heterocycles. The Kier molecular flexibility index (Phi) is 10.3. The van der Waals surface area contributed by atoms with Gasteiger partial charge in [0.1, 0.15) is 11.6 Å². The van der Waals surface area contributed by atoms with Crippen LogP contribution in [0.3, 0.4) is 0 Å². The van der Waals surface area contributed by atoms with Crippen molar-refractivity contribution in [3.05, 3.63) is 167 Å². The molecular formula is C56H56N3OPt-. The minimum absolute atomic E-state index is 0. The van der Waals surface area contributed by atoms with Crippen LogP contribution < -0.4 is 0 Å². The molecule has 61 heavy (non-hydrogen) atoms. The van der Waals surface area contributed by atoms with Gasteiger partial charge in [0.2, 0.25) is 0 Å². The SMILES string of the molecule is [2H]c1c([2H])c(-c2ccnc(-c3[c-]c(-c4cccc5c4nc(-c4cc(C(C)(C)C)cc(C)c4O)n5-c4ccc(C(C)(C)C)cc4-c4ccccc4)cc(C(C)(C)C)c3)c2)c([2H])c([2H])c1C.[Pt]. The molecule has 8 rings (SSSR count). The molecule has 0 bridgehead atoms. The molecule has 0 spiro atoms. The molecule has 0 fully saturated rings. The zero-order valence-electron chi connectivity index (χ0n) is 41.0. The predicted octanol–water partition coefficient (Wildman–Crippen LogP) is 14.8. The molecule has 1 N–H and O–H groups in total. The van der Waals surface area contributed by atoms with Crippen molar-refractivity contribution in [2.75, 3.05) is 0 Å². The molecule has 0 unspecified atom stereocenters. The summed E-state index contributed by atoms with van der Waals surface area (Å²) < 4.78 is 36.8. The van der Waals surface area contributed by atoms with Crippen molar-refractivity contribution in [1.82, 2.24) is 14.5 Å². The Bertz CT molecular complexity index is 3110. The van der Waals surface area contributed by atoms with Gasteiger partial charge in [0.15, 0.2) is 0 Å². The molecule has 4 nitrogen and oxygen atoms in total. The molecule has 0 aliphatic heterocycles. The van der Waals surface area contributed by atoms with Crippen molar-refractivity contribution in [2.45, 2.75) is 92.4 Å². The van der Waals surface area contributed by atoms with Gasteiger partial charge in [0, 0.05) is 38.5 Å². The molecule has 0 radical (unpaired) electrons. The summed E-state index contributed by atoms with van der Waals surface area (Å²) in [7, 11) is 0. The number of phenolic OH excluding ortho intramolecular Hbond substituents is 1. The Balaban J connectivity index is 0.00000630. The zero-order valence-corrected chi connectivity index (χ0v) is 39.3. The second kappa shape index (κ2) is 16.4. The molecule has 0 amide bonds. The molecule has 0 atom stereocenters. The van der Waals surface area contributed by atoms with Crippen molar-refractivity contribution in [3.8, 4) is 67.5 Å². The van der Waals surface area contributed by atoms with Gasteiger partial charge >= 0.3 is 0 Å². The van der Waals surface area contributed by atoms with Crippen molar-refractivity contribution in [3.63, 3.8) is 0 Å². The van der Waals surface area contributed by atoms with E-state index in [1.165, 1.54) is 5.56 Å². The summed E-state index contributed by atoms with van der Waals surface area (Å²) in [5.41, 5.74) is 12.9. The van der Waals surface area contributed by atoms with Gasteiger partial charge in [-0.15, -0.1) is 29.3 Å². The fourth-order valence-electron chi connectivity index (χ4n) is 7.71. The number of hydrogen-bond acceptors (Lipinski definition) is 3. The Labute approximate surface area is 382 Å². The maximum Gasteiger partial charge on any atom is 0.148 e. The smallest absolute Gasteiger partial charge is 0.148 e. The summed E-state index contributed by atoms with van der Waals surface area (Å²) >= 11 is 0. The van der Waals surface area contributed by atoms with Gasteiger partial charge in [0.05, 0.1) is 27.8 Å². The number of pyridine rings is 1. The minimum atomic E-state index is -0.273. The van der Waals surface area contributed by atoms with Crippen molar-refractivity contribution in [1.29, 1.82) is 0 Å². The summed E-state index contributed by atoms with van der Waals surface area (Å²) in [6, 6.07) is 38.7. The van der Waals surface area contributed by atoms with Crippen LogP contribution in [0.15, 0.2) is 133 Å². The second-order valence-corrected chi connectivity index (χ2v) is 19.1. The Hall–Kier alpha value is -5.57. The minimum Gasteiger partial charge on any atom is -0.507 e. The second-order valence-electron chi connectivity index (χ2n) is 19.1. The molecular weight excluding hydrogens is 926 g/mol. The number of phenols is 1. The van der Waals surface area contributed by atoms with Crippen molar-refractivity contribution >= 4 is 11.0 Å². The van der Waals surface area contributed by atoms with Gasteiger partial charge < -0.3 is 5.11 Å². The van der Waals surface area contributed by atoms with E-state index >= 15 is 0 Å². The van der Waals surface area contributed by atoms with Gasteiger partial charge in [-0.25, -0.2) is 4.98 Å². The van der Waals surface area contributed by atoms with E-state index in [9.17, 15) is 5.11 Å². The number of imidazole rings is 1. The molecule has 0 aliphatic carbocycles. The Morgan fingerprint density at radius 3 is 1.90 bits per heavy atom. The van der Waals surface area contributed by atoms with Crippen LogP contribution in [0.5, 0.6) is 5.75 Å². The van der Waals surface area contributed by atoms with Gasteiger partial charge in [-0.2, -0.15) is 0 Å². The molecule has 0 saturated heterocycles. The van der Waals surface area contributed by atoms with Crippen LogP contribution in [-0.2, 0) is 37.3 Å². The third-order valence-corrected chi connectivity index (χ3v) is 11.4. The van der Waals surface area contributed by atoms with Gasteiger partial charge in [-0.3, -0.25) is 9.55 Å². The Morgan fingerprint density at radius 2 is 1.23 bits per heavy atom. The van der Waals surface area contributed by atoms with Crippen LogP contribution in [-0.4, -0.2) is 19.6 Å². The molecule has 5 heteroatoms. The van der Waals surface area contributed by atoms with Gasteiger partial charge in [-0.1, -0.05) is 164 Å². The number of aromatic hydroxyl groups is 1. The number of aromatic nitrogens is 3. The standard InChI is InChI=1S/C56H56N3O.Pt/c1-35-20-22-37(23-21-35)39-26-27-57-48(32-39)41-29-40(30-44(31-41)56(9,10)11)45-18-15-19-50-51(45)58-53(47-34-43(55(6,7)8)28-36(2)52(47)60)59(50)49-25-24-42(54(3,4)5)33-46(49)38-16-13-12-14-17-38;/h12-28,30-34,60H,1-11H3;/q-1;/i20D,21D,22D,23D;. The maximum atomic E-state index is 12.0. The van der Waals surface area contributed by atoms with E-state index in [1.807, 2.05) is 19.1 Å². The number of benzene rings is 6. The summed E-state index contributed by atoms with van der Waals surface area (Å²) in [4.78, 5) is 10.3. The van der Waals surface area contributed by atoms with E-state index < -0.39 is 0 Å². The first-order valence-electron chi connectivity index (χ1n) is 22.7.